The summed E-state index contributed by atoms with van der Waals surface area (Å²) in [6, 6.07) is 18.4. The van der Waals surface area contributed by atoms with Crippen molar-refractivity contribution in [3.63, 3.8) is 0 Å². The van der Waals surface area contributed by atoms with E-state index >= 15 is 0 Å². The van der Waals surface area contributed by atoms with E-state index in [9.17, 15) is 9.59 Å². The van der Waals surface area contributed by atoms with E-state index in [1.54, 1.807) is 6.92 Å². The quantitative estimate of drug-likeness (QED) is 0.657. The van der Waals surface area contributed by atoms with Crippen molar-refractivity contribution < 1.29 is 19.1 Å². The third-order valence-corrected chi connectivity index (χ3v) is 5.69. The first-order valence-corrected chi connectivity index (χ1v) is 10.8. The summed E-state index contributed by atoms with van der Waals surface area (Å²) in [7, 11) is 0. The summed E-state index contributed by atoms with van der Waals surface area (Å²) in [6.45, 7) is 8.00. The average molecular weight is 425 g/mol. The second-order valence-corrected chi connectivity index (χ2v) is 8.23. The van der Waals surface area contributed by atoms with Gasteiger partial charge < -0.3 is 14.4 Å². The maximum atomic E-state index is 13.6. The number of carbonyl (C=O) groups is 2. The van der Waals surface area contributed by atoms with Gasteiger partial charge in [0.2, 0.25) is 5.91 Å². The molecule has 0 aliphatic carbocycles. The highest BCUT2D eigenvalue weighted by Gasteiger charge is 2.42. The number of esters is 1. The van der Waals surface area contributed by atoms with Crippen LogP contribution in [0.4, 0.5) is 0 Å². The fraction of sp³-hybridized carbons (Fsp3) is 0.440. The largest absolute Gasteiger partial charge is 0.466 e. The Bertz CT molecular complexity index is 848. The first-order chi connectivity index (χ1) is 14.9. The predicted molar refractivity (Wildman–Crippen MR) is 119 cm³/mol. The highest BCUT2D eigenvalue weighted by Crippen LogP contribution is 2.37. The van der Waals surface area contributed by atoms with Crippen molar-refractivity contribution in [2.24, 2.45) is 5.41 Å². The summed E-state index contributed by atoms with van der Waals surface area (Å²) in [5.74, 6) is -0.322. The molecule has 0 radical (unpaired) electrons. The number of benzene rings is 2. The first-order valence-electron chi connectivity index (χ1n) is 10.8. The minimum Gasteiger partial charge on any atom is -0.466 e. The Labute approximate surface area is 184 Å². The lowest BCUT2D eigenvalue weighted by Gasteiger charge is -2.38. The molecule has 1 heterocycles. The molecule has 1 aliphatic heterocycles. The van der Waals surface area contributed by atoms with Crippen LogP contribution in [0, 0.1) is 5.41 Å². The number of ether oxygens (including phenoxy) is 2. The molecular formula is C25H32N2O4. The van der Waals surface area contributed by atoms with Gasteiger partial charge in [-0.1, -0.05) is 60.7 Å². The van der Waals surface area contributed by atoms with E-state index in [4.69, 9.17) is 9.47 Å². The number of morpholine rings is 1. The molecule has 0 saturated carbocycles. The van der Waals surface area contributed by atoms with Gasteiger partial charge in [0.1, 0.15) is 6.04 Å². The van der Waals surface area contributed by atoms with Crippen molar-refractivity contribution >= 4 is 11.9 Å². The summed E-state index contributed by atoms with van der Waals surface area (Å²) < 4.78 is 10.8. The molecular weight excluding hydrogens is 392 g/mol. The molecule has 6 heteroatoms. The van der Waals surface area contributed by atoms with Gasteiger partial charge in [-0.15, -0.1) is 0 Å². The van der Waals surface area contributed by atoms with Crippen LogP contribution in [0.3, 0.4) is 0 Å². The number of nitrogens with zero attached hydrogens (tertiary/aromatic N) is 1. The minimum absolute atomic E-state index is 0.0184. The molecule has 2 atom stereocenters. The number of rotatable bonds is 8. The second-order valence-electron chi connectivity index (χ2n) is 8.23. The number of carbonyl (C=O) groups excluding carboxylic acids is 2. The normalized spacial score (nSPS) is 16.4. The summed E-state index contributed by atoms with van der Waals surface area (Å²) in [5, 5.41) is 3.53. The molecule has 0 aromatic heterocycles. The van der Waals surface area contributed by atoms with Crippen LogP contribution in [0.1, 0.15) is 44.0 Å². The maximum Gasteiger partial charge on any atom is 0.313 e. The summed E-state index contributed by atoms with van der Waals surface area (Å²) in [4.78, 5) is 28.3. The van der Waals surface area contributed by atoms with Crippen molar-refractivity contribution in [2.75, 3.05) is 32.9 Å². The Kier molecular flexibility index (Phi) is 7.82. The van der Waals surface area contributed by atoms with Gasteiger partial charge in [-0.05, 0) is 31.9 Å². The molecule has 2 aromatic rings. The van der Waals surface area contributed by atoms with Crippen LogP contribution in [0.25, 0.3) is 0 Å². The van der Waals surface area contributed by atoms with Crippen LogP contribution < -0.4 is 5.32 Å². The molecule has 6 nitrogen and oxygen atoms in total. The van der Waals surface area contributed by atoms with Gasteiger partial charge in [0, 0.05) is 19.1 Å². The molecule has 31 heavy (non-hydrogen) atoms. The van der Waals surface area contributed by atoms with Crippen LogP contribution in [-0.2, 0) is 19.1 Å². The van der Waals surface area contributed by atoms with Gasteiger partial charge in [0.25, 0.3) is 0 Å². The maximum absolute atomic E-state index is 13.6. The Morgan fingerprint density at radius 2 is 1.55 bits per heavy atom. The number of amides is 1. The molecule has 1 amide bonds. The van der Waals surface area contributed by atoms with Crippen LogP contribution in [0.2, 0.25) is 0 Å². The Morgan fingerprint density at radius 3 is 2.10 bits per heavy atom. The topological polar surface area (TPSA) is 67.9 Å². The zero-order valence-electron chi connectivity index (χ0n) is 18.5. The molecule has 1 aliphatic rings. The fourth-order valence-electron chi connectivity index (χ4n) is 3.89. The van der Waals surface area contributed by atoms with Crippen LogP contribution in [0.5, 0.6) is 0 Å². The van der Waals surface area contributed by atoms with E-state index < -0.39 is 17.5 Å². The van der Waals surface area contributed by atoms with Crippen molar-refractivity contribution in [1.29, 1.82) is 0 Å². The van der Waals surface area contributed by atoms with E-state index in [2.05, 4.69) is 5.32 Å². The molecule has 166 valence electrons. The Balaban J connectivity index is 1.99. The molecule has 0 unspecified atom stereocenters. The highest BCUT2D eigenvalue weighted by molar-refractivity contribution is 5.84. The smallest absolute Gasteiger partial charge is 0.313 e. The highest BCUT2D eigenvalue weighted by atomic mass is 16.5. The third-order valence-electron chi connectivity index (χ3n) is 5.69. The average Bonchev–Trinajstić information content (AvgIpc) is 2.81. The van der Waals surface area contributed by atoms with Crippen molar-refractivity contribution in [2.45, 2.75) is 32.9 Å². The monoisotopic (exact) mass is 424 g/mol. The van der Waals surface area contributed by atoms with Gasteiger partial charge in [-0.25, -0.2) is 0 Å². The summed E-state index contributed by atoms with van der Waals surface area (Å²) in [5.41, 5.74) is 0.895. The van der Waals surface area contributed by atoms with E-state index in [0.717, 1.165) is 11.1 Å². The van der Waals surface area contributed by atoms with E-state index in [0.29, 0.717) is 32.9 Å². The number of hydrogen-bond donors (Lipinski definition) is 1. The molecule has 0 spiro atoms. The van der Waals surface area contributed by atoms with Crippen LogP contribution in [-0.4, -0.2) is 49.7 Å². The Hall–Kier alpha value is -2.70. The van der Waals surface area contributed by atoms with Gasteiger partial charge in [-0.3, -0.25) is 14.9 Å². The second kappa shape index (κ2) is 10.6. The van der Waals surface area contributed by atoms with Gasteiger partial charge >= 0.3 is 5.97 Å². The zero-order valence-corrected chi connectivity index (χ0v) is 18.5. The van der Waals surface area contributed by atoms with Gasteiger partial charge in [0.05, 0.1) is 25.2 Å². The van der Waals surface area contributed by atoms with Gasteiger partial charge in [0.15, 0.2) is 0 Å². The lowest BCUT2D eigenvalue weighted by molar-refractivity contribution is -0.156. The van der Waals surface area contributed by atoms with Crippen molar-refractivity contribution in [3.8, 4) is 0 Å². The fourth-order valence-corrected chi connectivity index (χ4v) is 3.89. The van der Waals surface area contributed by atoms with E-state index in [-0.39, 0.29) is 11.9 Å². The molecule has 3 rings (SSSR count). The van der Waals surface area contributed by atoms with E-state index in [1.807, 2.05) is 79.4 Å². The summed E-state index contributed by atoms with van der Waals surface area (Å²) in [6.07, 6.45) is 0. The van der Waals surface area contributed by atoms with Crippen molar-refractivity contribution in [3.05, 3.63) is 71.8 Å². The van der Waals surface area contributed by atoms with Crippen molar-refractivity contribution in [1.82, 2.24) is 10.2 Å². The standard InChI is InChI=1S/C25H32N2O4/c1-4-31-24(29)25(2,3)22(20-13-9-6-10-14-20)26-21(19-11-7-5-8-12-19)23(28)27-15-17-30-18-16-27/h5-14,21-22,26H,4,15-18H2,1-3H3/t21-,22-/m1/s1. The molecule has 1 saturated heterocycles. The number of hydrogen-bond acceptors (Lipinski definition) is 5. The third kappa shape index (κ3) is 5.51. The lowest BCUT2D eigenvalue weighted by atomic mass is 9.79. The Morgan fingerprint density at radius 1 is 1.00 bits per heavy atom. The van der Waals surface area contributed by atoms with E-state index in [1.165, 1.54) is 0 Å². The SMILES string of the molecule is CCOC(=O)C(C)(C)[C@H](N[C@@H](C(=O)N1CCOCC1)c1ccccc1)c1ccccc1. The predicted octanol–water partition coefficient (Wildman–Crippen LogP) is 3.51. The molecule has 1 fully saturated rings. The minimum atomic E-state index is -0.893. The summed E-state index contributed by atoms with van der Waals surface area (Å²) >= 11 is 0. The first kappa shape index (κ1) is 23.0. The van der Waals surface area contributed by atoms with Gasteiger partial charge in [-0.2, -0.15) is 0 Å². The van der Waals surface area contributed by atoms with Crippen LogP contribution in [0.15, 0.2) is 60.7 Å². The zero-order chi connectivity index (χ0) is 22.3. The molecule has 0 bridgehead atoms. The number of nitrogens with one attached hydrogen (secondary N) is 1. The lowest BCUT2D eigenvalue weighted by Crippen LogP contribution is -2.49. The van der Waals surface area contributed by atoms with Crippen LogP contribution >= 0.6 is 0 Å². The molecule has 1 N–H and O–H groups in total. The molecule has 2 aromatic carbocycles.